The van der Waals surface area contributed by atoms with Crippen molar-refractivity contribution < 1.29 is 19.1 Å². The molecule has 1 aromatic heterocycles. The van der Waals surface area contributed by atoms with E-state index in [9.17, 15) is 9.59 Å². The minimum Gasteiger partial charge on any atom is -0.496 e. The summed E-state index contributed by atoms with van der Waals surface area (Å²) in [7, 11) is 2.84. The standard InChI is InChI=1S/C16H16N2O4/c1-10(19)18-14-9-11(7-8-17-14)15-12(16(20)22-3)5-4-6-13(15)21-2/h4-9H,1-3H3,(H,17,18,19). The first kappa shape index (κ1) is 15.5. The first-order chi connectivity index (χ1) is 10.6. The van der Waals surface area contributed by atoms with Crippen LogP contribution < -0.4 is 10.1 Å². The van der Waals surface area contributed by atoms with E-state index in [1.807, 2.05) is 0 Å². The van der Waals surface area contributed by atoms with Crippen LogP contribution >= 0.6 is 0 Å². The van der Waals surface area contributed by atoms with Gasteiger partial charge in [0.25, 0.3) is 0 Å². The zero-order valence-electron chi connectivity index (χ0n) is 12.5. The van der Waals surface area contributed by atoms with Gasteiger partial charge in [-0.05, 0) is 29.8 Å². The number of anilines is 1. The molecule has 0 bridgehead atoms. The highest BCUT2D eigenvalue weighted by Crippen LogP contribution is 2.34. The number of benzene rings is 1. The second-order valence-electron chi connectivity index (χ2n) is 4.49. The molecule has 0 aliphatic carbocycles. The van der Waals surface area contributed by atoms with E-state index in [-0.39, 0.29) is 5.91 Å². The van der Waals surface area contributed by atoms with E-state index in [1.54, 1.807) is 36.5 Å². The van der Waals surface area contributed by atoms with Crippen molar-refractivity contribution in [3.8, 4) is 16.9 Å². The number of hydrogen-bond donors (Lipinski definition) is 1. The number of aromatic nitrogens is 1. The van der Waals surface area contributed by atoms with Crippen molar-refractivity contribution in [2.75, 3.05) is 19.5 Å². The molecule has 0 spiro atoms. The molecule has 2 aromatic rings. The Hall–Kier alpha value is -2.89. The molecule has 1 heterocycles. The largest absolute Gasteiger partial charge is 0.496 e. The van der Waals surface area contributed by atoms with Crippen LogP contribution in [0.25, 0.3) is 11.1 Å². The van der Waals surface area contributed by atoms with Gasteiger partial charge < -0.3 is 14.8 Å². The number of rotatable bonds is 4. The Morgan fingerprint density at radius 2 is 1.95 bits per heavy atom. The van der Waals surface area contributed by atoms with Gasteiger partial charge in [-0.25, -0.2) is 9.78 Å². The average molecular weight is 300 g/mol. The van der Waals surface area contributed by atoms with Crippen LogP contribution in [0.1, 0.15) is 17.3 Å². The highest BCUT2D eigenvalue weighted by atomic mass is 16.5. The number of ether oxygens (including phenoxy) is 2. The minimum absolute atomic E-state index is 0.224. The van der Waals surface area contributed by atoms with Gasteiger partial charge in [0.05, 0.1) is 19.8 Å². The normalized spacial score (nSPS) is 9.95. The predicted octanol–water partition coefficient (Wildman–Crippen LogP) is 2.50. The zero-order valence-corrected chi connectivity index (χ0v) is 12.5. The van der Waals surface area contributed by atoms with Gasteiger partial charge in [0.1, 0.15) is 11.6 Å². The van der Waals surface area contributed by atoms with Crippen molar-refractivity contribution in [1.82, 2.24) is 4.98 Å². The number of carbonyl (C=O) groups is 2. The Balaban J connectivity index is 2.60. The van der Waals surface area contributed by atoms with Gasteiger partial charge in [-0.3, -0.25) is 4.79 Å². The van der Waals surface area contributed by atoms with Gasteiger partial charge in [-0.2, -0.15) is 0 Å². The van der Waals surface area contributed by atoms with Crippen LogP contribution in [0.5, 0.6) is 5.75 Å². The summed E-state index contributed by atoms with van der Waals surface area (Å²) in [6, 6.07) is 8.52. The van der Waals surface area contributed by atoms with Gasteiger partial charge in [0.2, 0.25) is 5.91 Å². The maximum absolute atomic E-state index is 12.0. The summed E-state index contributed by atoms with van der Waals surface area (Å²) in [6.45, 7) is 1.40. The zero-order chi connectivity index (χ0) is 16.1. The lowest BCUT2D eigenvalue weighted by Crippen LogP contribution is -2.08. The highest BCUT2D eigenvalue weighted by molar-refractivity contribution is 5.99. The Morgan fingerprint density at radius 1 is 1.18 bits per heavy atom. The topological polar surface area (TPSA) is 77.5 Å². The molecule has 0 saturated heterocycles. The van der Waals surface area contributed by atoms with E-state index >= 15 is 0 Å². The van der Waals surface area contributed by atoms with Gasteiger partial charge in [0, 0.05) is 18.7 Å². The van der Waals surface area contributed by atoms with E-state index in [0.29, 0.717) is 28.3 Å². The number of nitrogens with one attached hydrogen (secondary N) is 1. The summed E-state index contributed by atoms with van der Waals surface area (Å²) in [5.74, 6) is 0.235. The molecule has 1 N–H and O–H groups in total. The Labute approximate surface area is 128 Å². The molecule has 114 valence electrons. The molecule has 2 rings (SSSR count). The number of amides is 1. The second kappa shape index (κ2) is 6.71. The molecule has 0 radical (unpaired) electrons. The lowest BCUT2D eigenvalue weighted by atomic mass is 9.99. The molecule has 1 aromatic carbocycles. The SMILES string of the molecule is COC(=O)c1cccc(OC)c1-c1ccnc(NC(C)=O)c1. The van der Waals surface area contributed by atoms with Gasteiger partial charge in [-0.15, -0.1) is 0 Å². The molecule has 0 unspecified atom stereocenters. The van der Waals surface area contributed by atoms with Crippen molar-refractivity contribution in [1.29, 1.82) is 0 Å². The maximum Gasteiger partial charge on any atom is 0.338 e. The summed E-state index contributed by atoms with van der Waals surface area (Å²) in [5, 5.41) is 2.61. The Morgan fingerprint density at radius 3 is 2.59 bits per heavy atom. The highest BCUT2D eigenvalue weighted by Gasteiger charge is 2.18. The molecule has 6 nitrogen and oxygen atoms in total. The number of hydrogen-bond acceptors (Lipinski definition) is 5. The summed E-state index contributed by atoms with van der Waals surface area (Å²) in [5.41, 5.74) is 1.66. The summed E-state index contributed by atoms with van der Waals surface area (Å²) in [4.78, 5) is 27.2. The van der Waals surface area contributed by atoms with E-state index in [2.05, 4.69) is 10.3 Å². The molecular weight excluding hydrogens is 284 g/mol. The molecule has 0 fully saturated rings. The van der Waals surface area contributed by atoms with Crippen LogP contribution in [0, 0.1) is 0 Å². The predicted molar refractivity (Wildman–Crippen MR) is 81.9 cm³/mol. The monoisotopic (exact) mass is 300 g/mol. The van der Waals surface area contributed by atoms with E-state index in [4.69, 9.17) is 9.47 Å². The summed E-state index contributed by atoms with van der Waals surface area (Å²) < 4.78 is 10.2. The molecular formula is C16H16N2O4. The molecule has 22 heavy (non-hydrogen) atoms. The molecule has 0 atom stereocenters. The van der Waals surface area contributed by atoms with Gasteiger partial charge in [0.15, 0.2) is 0 Å². The third-order valence-corrected chi connectivity index (χ3v) is 3.00. The van der Waals surface area contributed by atoms with Gasteiger partial charge >= 0.3 is 5.97 Å². The molecule has 6 heteroatoms. The van der Waals surface area contributed by atoms with Crippen molar-refractivity contribution >= 4 is 17.7 Å². The minimum atomic E-state index is -0.466. The summed E-state index contributed by atoms with van der Waals surface area (Å²) in [6.07, 6.45) is 1.55. The fraction of sp³-hybridized carbons (Fsp3) is 0.188. The number of carbonyl (C=O) groups excluding carboxylic acids is 2. The number of methoxy groups -OCH3 is 2. The first-order valence-electron chi connectivity index (χ1n) is 6.56. The first-order valence-corrected chi connectivity index (χ1v) is 6.56. The second-order valence-corrected chi connectivity index (χ2v) is 4.49. The lowest BCUT2D eigenvalue weighted by molar-refractivity contribution is -0.114. The number of pyridine rings is 1. The van der Waals surface area contributed by atoms with Crippen LogP contribution in [0.2, 0.25) is 0 Å². The quantitative estimate of drug-likeness (QED) is 0.878. The van der Waals surface area contributed by atoms with Crippen LogP contribution in [0.3, 0.4) is 0 Å². The van der Waals surface area contributed by atoms with Crippen molar-refractivity contribution in [3.63, 3.8) is 0 Å². The average Bonchev–Trinajstić information content (AvgIpc) is 2.52. The van der Waals surface area contributed by atoms with Crippen molar-refractivity contribution in [2.45, 2.75) is 6.92 Å². The van der Waals surface area contributed by atoms with Crippen molar-refractivity contribution in [2.24, 2.45) is 0 Å². The molecule has 0 saturated carbocycles. The maximum atomic E-state index is 12.0. The number of esters is 1. The molecule has 0 aliphatic heterocycles. The molecule has 1 amide bonds. The van der Waals surface area contributed by atoms with Crippen LogP contribution in [-0.2, 0) is 9.53 Å². The van der Waals surface area contributed by atoms with E-state index in [1.165, 1.54) is 21.1 Å². The Kier molecular flexibility index (Phi) is 4.73. The van der Waals surface area contributed by atoms with Crippen LogP contribution in [-0.4, -0.2) is 31.1 Å². The summed E-state index contributed by atoms with van der Waals surface area (Å²) >= 11 is 0. The number of nitrogens with zero attached hydrogens (tertiary/aromatic N) is 1. The van der Waals surface area contributed by atoms with Crippen molar-refractivity contribution in [3.05, 3.63) is 42.1 Å². The fourth-order valence-corrected chi connectivity index (χ4v) is 2.11. The third-order valence-electron chi connectivity index (χ3n) is 3.00. The van der Waals surface area contributed by atoms with Crippen LogP contribution in [0.4, 0.5) is 5.82 Å². The lowest BCUT2D eigenvalue weighted by Gasteiger charge is -2.13. The fourth-order valence-electron chi connectivity index (χ4n) is 2.11. The van der Waals surface area contributed by atoms with E-state index in [0.717, 1.165) is 0 Å². The third kappa shape index (κ3) is 3.22. The van der Waals surface area contributed by atoms with Crippen LogP contribution in [0.15, 0.2) is 36.5 Å². The Bertz CT molecular complexity index is 713. The van der Waals surface area contributed by atoms with E-state index < -0.39 is 5.97 Å². The molecule has 0 aliphatic rings. The smallest absolute Gasteiger partial charge is 0.338 e. The van der Waals surface area contributed by atoms with Gasteiger partial charge in [-0.1, -0.05) is 6.07 Å².